The van der Waals surface area contributed by atoms with Crippen LogP contribution in [-0.2, 0) is 14.3 Å². The van der Waals surface area contributed by atoms with Gasteiger partial charge in [-0.15, -0.1) is 0 Å². The summed E-state index contributed by atoms with van der Waals surface area (Å²) >= 11 is 0. The van der Waals surface area contributed by atoms with Crippen molar-refractivity contribution < 1.29 is 29.4 Å². The fourth-order valence-corrected chi connectivity index (χ4v) is 2.77. The number of carbonyl (C=O) groups is 3. The first-order chi connectivity index (χ1) is 16.3. The number of rotatable bonds is 10. The van der Waals surface area contributed by atoms with Crippen LogP contribution in [0.2, 0.25) is 0 Å². The third-order valence-corrected chi connectivity index (χ3v) is 4.60. The van der Waals surface area contributed by atoms with Gasteiger partial charge in [-0.25, -0.2) is 5.48 Å². The zero-order valence-corrected chi connectivity index (χ0v) is 18.9. The van der Waals surface area contributed by atoms with Crippen LogP contribution in [0, 0.1) is 11.8 Å². The van der Waals surface area contributed by atoms with E-state index in [1.54, 1.807) is 43.5 Å². The van der Waals surface area contributed by atoms with Crippen molar-refractivity contribution in [3.63, 3.8) is 0 Å². The lowest BCUT2D eigenvalue weighted by atomic mass is 10.1. The summed E-state index contributed by atoms with van der Waals surface area (Å²) < 4.78 is 4.91. The molecule has 0 heterocycles. The van der Waals surface area contributed by atoms with Gasteiger partial charge in [0.15, 0.2) is 0 Å². The highest BCUT2D eigenvalue weighted by Gasteiger charge is 2.25. The number of aliphatic hydroxyl groups is 1. The van der Waals surface area contributed by atoms with Gasteiger partial charge in [0.2, 0.25) is 5.91 Å². The molecule has 2 unspecified atom stereocenters. The van der Waals surface area contributed by atoms with Crippen molar-refractivity contribution in [1.82, 2.24) is 16.1 Å². The molecule has 0 saturated carbocycles. The summed E-state index contributed by atoms with van der Waals surface area (Å²) in [6.07, 6.45) is -1.20. The first-order valence-corrected chi connectivity index (χ1v) is 10.5. The minimum absolute atomic E-state index is 0.157. The molecule has 2 atom stereocenters. The summed E-state index contributed by atoms with van der Waals surface area (Å²) in [6.45, 7) is 2.63. The molecule has 2 aromatic carbocycles. The molecule has 180 valence electrons. The van der Waals surface area contributed by atoms with E-state index in [0.717, 1.165) is 5.56 Å². The van der Waals surface area contributed by atoms with Crippen molar-refractivity contribution in [3.8, 4) is 11.8 Å². The molecule has 0 saturated heterocycles. The Morgan fingerprint density at radius 3 is 2.12 bits per heavy atom. The molecule has 0 bridgehead atoms. The lowest BCUT2D eigenvalue weighted by molar-refractivity contribution is -0.133. The third kappa shape index (κ3) is 8.65. The van der Waals surface area contributed by atoms with Gasteiger partial charge in [0.1, 0.15) is 6.04 Å². The number of methoxy groups -OCH3 is 1. The lowest BCUT2D eigenvalue weighted by Gasteiger charge is -2.19. The number of nitrogens with one attached hydrogen (secondary N) is 4. The van der Waals surface area contributed by atoms with Crippen molar-refractivity contribution in [2.75, 3.05) is 32.1 Å². The van der Waals surface area contributed by atoms with E-state index < -0.39 is 24.0 Å². The number of amides is 3. The van der Waals surface area contributed by atoms with Crippen molar-refractivity contribution in [2.24, 2.45) is 0 Å². The van der Waals surface area contributed by atoms with Gasteiger partial charge in [0.05, 0.1) is 19.3 Å². The molecule has 0 aliphatic heterocycles. The molecule has 2 aromatic rings. The molecular weight excluding hydrogens is 440 g/mol. The second kappa shape index (κ2) is 13.7. The molecule has 2 rings (SSSR count). The van der Waals surface area contributed by atoms with E-state index in [4.69, 9.17) is 9.94 Å². The van der Waals surface area contributed by atoms with Gasteiger partial charge >= 0.3 is 0 Å². The van der Waals surface area contributed by atoms with Crippen LogP contribution >= 0.6 is 0 Å². The molecule has 10 heteroatoms. The van der Waals surface area contributed by atoms with Crippen LogP contribution in [0.15, 0.2) is 48.5 Å². The molecule has 0 aromatic heterocycles. The molecule has 0 spiro atoms. The normalized spacial score (nSPS) is 12.0. The Hall–Kier alpha value is -3.75. The van der Waals surface area contributed by atoms with Gasteiger partial charge in [0.25, 0.3) is 11.8 Å². The average Bonchev–Trinajstić information content (AvgIpc) is 2.84. The second-order valence-corrected chi connectivity index (χ2v) is 7.29. The molecule has 0 fully saturated rings. The highest BCUT2D eigenvalue weighted by molar-refractivity contribution is 5.97. The molecule has 0 radical (unpaired) electrons. The van der Waals surface area contributed by atoms with E-state index in [-0.39, 0.29) is 18.0 Å². The first kappa shape index (κ1) is 26.5. The summed E-state index contributed by atoms with van der Waals surface area (Å²) in [5.41, 5.74) is 3.74. The van der Waals surface area contributed by atoms with Gasteiger partial charge in [-0.3, -0.25) is 19.6 Å². The molecule has 34 heavy (non-hydrogen) atoms. The van der Waals surface area contributed by atoms with Crippen LogP contribution in [0.4, 0.5) is 5.69 Å². The minimum Gasteiger partial charge on any atom is -0.391 e. The standard InChI is InChI=1S/C24H28N4O6/c1-16(29)22(24(32)28-33)27-23(31)19-9-5-17(6-10-19)3-4-18-7-11-20(12-8-18)26-21(30)15-25-13-14-34-2/h5-12,16,22,25,29,33H,13-15H2,1-2H3,(H,26,30)(H,27,31)(H,28,32). The molecule has 3 amide bonds. The summed E-state index contributed by atoms with van der Waals surface area (Å²) in [7, 11) is 1.60. The SMILES string of the molecule is COCCNCC(=O)Nc1ccc(C#Cc2ccc(C(=O)NC(C(=O)NO)C(C)O)cc2)cc1. The van der Waals surface area contributed by atoms with E-state index >= 15 is 0 Å². The number of ether oxygens (including phenoxy) is 1. The highest BCUT2D eigenvalue weighted by atomic mass is 16.5. The Kier molecular flexibility index (Phi) is 10.7. The number of anilines is 1. The number of carbonyl (C=O) groups excluding carboxylic acids is 3. The van der Waals surface area contributed by atoms with E-state index in [0.29, 0.717) is 24.4 Å². The van der Waals surface area contributed by atoms with E-state index in [2.05, 4.69) is 27.8 Å². The second-order valence-electron chi connectivity index (χ2n) is 7.29. The highest BCUT2D eigenvalue weighted by Crippen LogP contribution is 2.09. The summed E-state index contributed by atoms with van der Waals surface area (Å²) in [5.74, 6) is 4.33. The topological polar surface area (TPSA) is 149 Å². The average molecular weight is 469 g/mol. The van der Waals surface area contributed by atoms with Crippen molar-refractivity contribution >= 4 is 23.4 Å². The maximum absolute atomic E-state index is 12.3. The van der Waals surface area contributed by atoms with Crippen LogP contribution in [0.1, 0.15) is 28.4 Å². The molecule has 6 N–H and O–H groups in total. The monoisotopic (exact) mass is 468 g/mol. The van der Waals surface area contributed by atoms with Crippen LogP contribution in [0.25, 0.3) is 0 Å². The van der Waals surface area contributed by atoms with Gasteiger partial charge in [0, 0.05) is 36.0 Å². The molecule has 0 aliphatic rings. The van der Waals surface area contributed by atoms with Gasteiger partial charge in [-0.1, -0.05) is 11.8 Å². The van der Waals surface area contributed by atoms with E-state index in [1.165, 1.54) is 24.5 Å². The zero-order valence-electron chi connectivity index (χ0n) is 18.9. The summed E-state index contributed by atoms with van der Waals surface area (Å²) in [5, 5.41) is 26.4. The Morgan fingerprint density at radius 2 is 1.59 bits per heavy atom. The Labute approximate surface area is 197 Å². The van der Waals surface area contributed by atoms with Crippen molar-refractivity contribution in [1.29, 1.82) is 0 Å². The van der Waals surface area contributed by atoms with Crippen molar-refractivity contribution in [2.45, 2.75) is 19.1 Å². The number of hydroxylamine groups is 1. The number of aliphatic hydroxyl groups excluding tert-OH is 1. The van der Waals surface area contributed by atoms with Crippen LogP contribution in [0.5, 0.6) is 0 Å². The van der Waals surface area contributed by atoms with E-state index in [1.807, 2.05) is 0 Å². The van der Waals surface area contributed by atoms with Gasteiger partial charge in [-0.2, -0.15) is 0 Å². The maximum Gasteiger partial charge on any atom is 0.268 e. The largest absolute Gasteiger partial charge is 0.391 e. The summed E-state index contributed by atoms with van der Waals surface area (Å²) in [4.78, 5) is 35.7. The van der Waals surface area contributed by atoms with Crippen LogP contribution < -0.4 is 21.4 Å². The quantitative estimate of drug-likeness (QED) is 0.127. The third-order valence-electron chi connectivity index (χ3n) is 4.60. The fourth-order valence-electron chi connectivity index (χ4n) is 2.77. The number of hydrogen-bond acceptors (Lipinski definition) is 7. The fraction of sp³-hybridized carbons (Fsp3) is 0.292. The van der Waals surface area contributed by atoms with Gasteiger partial charge < -0.3 is 25.8 Å². The minimum atomic E-state index is -1.29. The Bertz CT molecular complexity index is 1030. The zero-order chi connectivity index (χ0) is 24.9. The first-order valence-electron chi connectivity index (χ1n) is 10.5. The number of hydrogen-bond donors (Lipinski definition) is 6. The van der Waals surface area contributed by atoms with Gasteiger partial charge in [-0.05, 0) is 55.5 Å². The molecule has 10 nitrogen and oxygen atoms in total. The van der Waals surface area contributed by atoms with E-state index in [9.17, 15) is 19.5 Å². The Balaban J connectivity index is 1.93. The van der Waals surface area contributed by atoms with Crippen LogP contribution in [-0.4, -0.2) is 67.0 Å². The smallest absolute Gasteiger partial charge is 0.268 e. The van der Waals surface area contributed by atoms with Crippen molar-refractivity contribution in [3.05, 3.63) is 65.2 Å². The lowest BCUT2D eigenvalue weighted by Crippen LogP contribution is -2.51. The van der Waals surface area contributed by atoms with Crippen LogP contribution in [0.3, 0.4) is 0 Å². The predicted octanol–water partition coefficient (Wildman–Crippen LogP) is 0.246. The molecular formula is C24H28N4O6. The predicted molar refractivity (Wildman–Crippen MR) is 125 cm³/mol. The Morgan fingerprint density at radius 1 is 1.00 bits per heavy atom. The maximum atomic E-state index is 12.3. The number of benzene rings is 2. The summed E-state index contributed by atoms with van der Waals surface area (Å²) in [6, 6.07) is 12.2. The molecule has 0 aliphatic carbocycles.